The van der Waals surface area contributed by atoms with Crippen LogP contribution in [0.1, 0.15) is 20.3 Å². The summed E-state index contributed by atoms with van der Waals surface area (Å²) in [7, 11) is 2.22. The third-order valence-corrected chi connectivity index (χ3v) is 4.09. The second-order valence-electron chi connectivity index (χ2n) is 6.01. The van der Waals surface area contributed by atoms with E-state index in [1.54, 1.807) is 0 Å². The molecule has 92 valence electrons. The van der Waals surface area contributed by atoms with Gasteiger partial charge < -0.3 is 5.73 Å². The highest BCUT2D eigenvalue weighted by Gasteiger charge is 2.32. The smallest absolute Gasteiger partial charge is 0.0277 e. The van der Waals surface area contributed by atoms with E-state index in [1.807, 2.05) is 0 Å². The molecule has 2 aliphatic rings. The lowest BCUT2D eigenvalue weighted by Crippen LogP contribution is -2.58. The van der Waals surface area contributed by atoms with Crippen LogP contribution in [0.5, 0.6) is 0 Å². The van der Waals surface area contributed by atoms with E-state index in [-0.39, 0.29) is 0 Å². The molecule has 2 rings (SSSR count). The van der Waals surface area contributed by atoms with Crippen LogP contribution in [0.25, 0.3) is 0 Å². The van der Waals surface area contributed by atoms with Crippen LogP contribution in [-0.4, -0.2) is 54.6 Å². The molecule has 2 atom stereocenters. The molecule has 2 N–H and O–H groups in total. The van der Waals surface area contributed by atoms with Crippen LogP contribution < -0.4 is 5.73 Å². The lowest BCUT2D eigenvalue weighted by molar-refractivity contribution is 0.0350. The fourth-order valence-electron chi connectivity index (χ4n) is 2.77. The number of piperazine rings is 1. The molecule has 0 aromatic carbocycles. The minimum atomic E-state index is 0.297. The predicted octanol–water partition coefficient (Wildman–Crippen LogP) is 0.916. The molecule has 0 bridgehead atoms. The van der Waals surface area contributed by atoms with Crippen molar-refractivity contribution < 1.29 is 0 Å². The normalized spacial score (nSPS) is 35.8. The minimum Gasteiger partial charge on any atom is -0.324 e. The first-order valence-electron chi connectivity index (χ1n) is 6.35. The maximum Gasteiger partial charge on any atom is 0.0277 e. The summed E-state index contributed by atoms with van der Waals surface area (Å²) in [5.41, 5.74) is 6.20. The number of hydrogen-bond acceptors (Lipinski definition) is 3. The summed E-state index contributed by atoms with van der Waals surface area (Å²) in [5.74, 6) is 0.675. The minimum absolute atomic E-state index is 0.297. The Kier molecular flexibility index (Phi) is 3.38. The summed E-state index contributed by atoms with van der Waals surface area (Å²) in [6, 6.07) is 0.297. The zero-order valence-corrected chi connectivity index (χ0v) is 10.8. The van der Waals surface area contributed by atoms with E-state index < -0.39 is 0 Å². The first-order valence-corrected chi connectivity index (χ1v) is 6.35. The summed E-state index contributed by atoms with van der Waals surface area (Å²) in [5, 5.41) is 0. The third kappa shape index (κ3) is 2.65. The molecule has 1 aliphatic carbocycles. The monoisotopic (exact) mass is 223 g/mol. The van der Waals surface area contributed by atoms with E-state index in [2.05, 4.69) is 42.8 Å². The Morgan fingerprint density at radius 2 is 2.06 bits per heavy atom. The van der Waals surface area contributed by atoms with Gasteiger partial charge in [0.1, 0.15) is 0 Å². The number of likely N-dealkylation sites (N-methyl/N-ethyl adjacent to an activating group) is 1. The molecule has 3 nitrogen and oxygen atoms in total. The van der Waals surface area contributed by atoms with Crippen molar-refractivity contribution in [3.8, 4) is 0 Å². The molecule has 0 spiro atoms. The Morgan fingerprint density at radius 1 is 1.31 bits per heavy atom. The molecular formula is C13H25N3. The van der Waals surface area contributed by atoms with Crippen molar-refractivity contribution >= 4 is 0 Å². The van der Waals surface area contributed by atoms with E-state index in [0.29, 0.717) is 17.5 Å². The molecule has 0 aromatic heterocycles. The van der Waals surface area contributed by atoms with E-state index >= 15 is 0 Å². The highest BCUT2D eigenvalue weighted by Crippen LogP contribution is 2.23. The Balaban J connectivity index is 1.85. The number of nitrogens with zero attached hydrogens (tertiary/aromatic N) is 2. The fraction of sp³-hybridized carbons (Fsp3) is 0.846. The van der Waals surface area contributed by atoms with Crippen molar-refractivity contribution in [3.63, 3.8) is 0 Å². The van der Waals surface area contributed by atoms with Gasteiger partial charge in [-0.1, -0.05) is 12.2 Å². The number of nitrogens with two attached hydrogens (primary N) is 1. The summed E-state index contributed by atoms with van der Waals surface area (Å²) in [6.45, 7) is 9.38. The van der Waals surface area contributed by atoms with Gasteiger partial charge in [-0.15, -0.1) is 0 Å². The fourth-order valence-corrected chi connectivity index (χ4v) is 2.77. The quantitative estimate of drug-likeness (QED) is 0.707. The van der Waals surface area contributed by atoms with Gasteiger partial charge in [-0.05, 0) is 33.2 Å². The van der Waals surface area contributed by atoms with Gasteiger partial charge in [-0.3, -0.25) is 9.80 Å². The topological polar surface area (TPSA) is 32.5 Å². The molecule has 3 heteroatoms. The van der Waals surface area contributed by atoms with Gasteiger partial charge in [0, 0.05) is 37.8 Å². The molecule has 16 heavy (non-hydrogen) atoms. The second kappa shape index (κ2) is 4.47. The van der Waals surface area contributed by atoms with Gasteiger partial charge in [0.2, 0.25) is 0 Å². The van der Waals surface area contributed by atoms with Crippen LogP contribution in [0.2, 0.25) is 0 Å². The molecule has 0 saturated carbocycles. The maximum atomic E-state index is 5.89. The van der Waals surface area contributed by atoms with E-state index in [4.69, 9.17) is 5.73 Å². The standard InChI is InChI=1S/C13H25N3/c1-13(2)10-16(7-6-15(13)3)9-11-4-5-12(14)8-11/h4-5,11-12H,6-10,14H2,1-3H3. The van der Waals surface area contributed by atoms with Crippen LogP contribution in [0.15, 0.2) is 12.2 Å². The molecular weight excluding hydrogens is 198 g/mol. The van der Waals surface area contributed by atoms with Crippen LogP contribution >= 0.6 is 0 Å². The Labute approximate surface area is 99.3 Å². The summed E-state index contributed by atoms with van der Waals surface area (Å²) < 4.78 is 0. The van der Waals surface area contributed by atoms with Crippen LogP contribution in [-0.2, 0) is 0 Å². The lowest BCUT2D eigenvalue weighted by Gasteiger charge is -2.46. The predicted molar refractivity (Wildman–Crippen MR) is 68.4 cm³/mol. The van der Waals surface area contributed by atoms with Crippen molar-refractivity contribution in [2.45, 2.75) is 31.8 Å². The van der Waals surface area contributed by atoms with Gasteiger partial charge >= 0.3 is 0 Å². The van der Waals surface area contributed by atoms with Crippen molar-refractivity contribution in [2.24, 2.45) is 11.7 Å². The van der Waals surface area contributed by atoms with Gasteiger partial charge in [0.05, 0.1) is 0 Å². The lowest BCUT2D eigenvalue weighted by atomic mass is 9.98. The summed E-state index contributed by atoms with van der Waals surface area (Å²) in [4.78, 5) is 5.05. The first-order chi connectivity index (χ1) is 7.47. The molecule has 1 aliphatic heterocycles. The summed E-state index contributed by atoms with van der Waals surface area (Å²) >= 11 is 0. The Bertz CT molecular complexity index is 272. The Morgan fingerprint density at radius 3 is 2.62 bits per heavy atom. The molecule has 1 saturated heterocycles. The largest absolute Gasteiger partial charge is 0.324 e. The van der Waals surface area contributed by atoms with E-state index in [9.17, 15) is 0 Å². The number of hydrogen-bond donors (Lipinski definition) is 1. The zero-order valence-electron chi connectivity index (χ0n) is 10.8. The molecule has 0 amide bonds. The van der Waals surface area contributed by atoms with Crippen molar-refractivity contribution in [2.75, 3.05) is 33.2 Å². The van der Waals surface area contributed by atoms with E-state index in [0.717, 1.165) is 6.42 Å². The maximum absolute atomic E-state index is 5.89. The van der Waals surface area contributed by atoms with Gasteiger partial charge in [0.15, 0.2) is 0 Å². The summed E-state index contributed by atoms with van der Waals surface area (Å²) in [6.07, 6.45) is 5.59. The van der Waals surface area contributed by atoms with Crippen LogP contribution in [0.4, 0.5) is 0 Å². The molecule has 0 aromatic rings. The average Bonchev–Trinajstić information content (AvgIpc) is 2.57. The molecule has 2 unspecified atom stereocenters. The van der Waals surface area contributed by atoms with Crippen molar-refractivity contribution in [1.82, 2.24) is 9.80 Å². The zero-order chi connectivity index (χ0) is 11.8. The highest BCUT2D eigenvalue weighted by molar-refractivity contribution is 5.05. The third-order valence-electron chi connectivity index (χ3n) is 4.09. The molecule has 1 heterocycles. The second-order valence-corrected chi connectivity index (χ2v) is 6.01. The van der Waals surface area contributed by atoms with Gasteiger partial charge in [-0.25, -0.2) is 0 Å². The van der Waals surface area contributed by atoms with Gasteiger partial charge in [0.25, 0.3) is 0 Å². The first kappa shape index (κ1) is 12.1. The average molecular weight is 223 g/mol. The SMILES string of the molecule is CN1CCN(CC2C=CC(N)C2)CC1(C)C. The van der Waals surface area contributed by atoms with Crippen LogP contribution in [0, 0.1) is 5.92 Å². The molecule has 1 fully saturated rings. The van der Waals surface area contributed by atoms with Crippen LogP contribution in [0.3, 0.4) is 0 Å². The molecule has 0 radical (unpaired) electrons. The highest BCUT2D eigenvalue weighted by atomic mass is 15.3. The van der Waals surface area contributed by atoms with Crippen molar-refractivity contribution in [3.05, 3.63) is 12.2 Å². The number of rotatable bonds is 2. The van der Waals surface area contributed by atoms with Crippen molar-refractivity contribution in [1.29, 1.82) is 0 Å². The Hall–Kier alpha value is -0.380. The van der Waals surface area contributed by atoms with E-state index in [1.165, 1.54) is 26.2 Å². The van der Waals surface area contributed by atoms with Gasteiger partial charge in [-0.2, -0.15) is 0 Å².